The van der Waals surface area contributed by atoms with E-state index in [4.69, 9.17) is 4.42 Å². The van der Waals surface area contributed by atoms with Crippen LogP contribution in [0.15, 0.2) is 39.7 Å². The van der Waals surface area contributed by atoms with E-state index >= 15 is 0 Å². The topological polar surface area (TPSA) is 69.9 Å². The lowest BCUT2D eigenvalue weighted by atomic mass is 10.2. The Morgan fingerprint density at radius 1 is 1.32 bits per heavy atom. The number of hydrogen-bond donors (Lipinski definition) is 2. The second-order valence-electron chi connectivity index (χ2n) is 6.21. The number of benzene rings is 1. The minimum Gasteiger partial charge on any atom is -0.459 e. The zero-order chi connectivity index (χ0) is 17.5. The lowest BCUT2D eigenvalue weighted by Gasteiger charge is -2.16. The number of aliphatic imine (C=N–C) groups is 1. The van der Waals surface area contributed by atoms with E-state index < -0.39 is 0 Å². The molecular formula is C19H26N4O2. The van der Waals surface area contributed by atoms with Crippen LogP contribution in [-0.2, 0) is 11.3 Å². The van der Waals surface area contributed by atoms with Gasteiger partial charge in [-0.3, -0.25) is 4.79 Å². The van der Waals surface area contributed by atoms with E-state index in [1.807, 2.05) is 42.2 Å². The second-order valence-corrected chi connectivity index (χ2v) is 6.21. The van der Waals surface area contributed by atoms with Gasteiger partial charge in [-0.15, -0.1) is 0 Å². The van der Waals surface area contributed by atoms with Gasteiger partial charge in [0.1, 0.15) is 17.9 Å². The van der Waals surface area contributed by atoms with Crippen LogP contribution in [0.4, 0.5) is 0 Å². The van der Waals surface area contributed by atoms with Crippen molar-refractivity contribution in [2.45, 2.75) is 32.7 Å². The minimum absolute atomic E-state index is 0.283. The monoisotopic (exact) mass is 342 g/mol. The van der Waals surface area contributed by atoms with Crippen LogP contribution >= 0.6 is 0 Å². The Bertz CT molecular complexity index is 705. The number of guanidine groups is 1. The molecule has 1 saturated heterocycles. The van der Waals surface area contributed by atoms with Crippen molar-refractivity contribution in [3.8, 4) is 0 Å². The number of carbonyl (C=O) groups is 1. The highest BCUT2D eigenvalue weighted by Gasteiger charge is 2.18. The maximum atomic E-state index is 11.6. The molecule has 1 aromatic carbocycles. The number of nitrogens with one attached hydrogen (secondary N) is 2. The Hall–Kier alpha value is -2.50. The fourth-order valence-corrected chi connectivity index (χ4v) is 3.03. The Morgan fingerprint density at radius 3 is 2.96 bits per heavy atom. The molecule has 25 heavy (non-hydrogen) atoms. The largest absolute Gasteiger partial charge is 0.459 e. The summed E-state index contributed by atoms with van der Waals surface area (Å²) in [6, 6.07) is 10.00. The number of likely N-dealkylation sites (tertiary alicyclic amines) is 1. The SMILES string of the molecule is CCNC(=NCc1cc2ccccc2o1)NCCCN1CCCC1=O. The molecule has 6 heteroatoms. The molecule has 0 bridgehead atoms. The Balaban J connectivity index is 1.49. The molecule has 0 atom stereocenters. The van der Waals surface area contributed by atoms with Crippen molar-refractivity contribution in [3.63, 3.8) is 0 Å². The van der Waals surface area contributed by atoms with Gasteiger partial charge in [-0.05, 0) is 31.9 Å². The first-order valence-electron chi connectivity index (χ1n) is 9.03. The number of carbonyl (C=O) groups excluding carboxylic acids is 1. The maximum Gasteiger partial charge on any atom is 0.222 e. The number of amides is 1. The second kappa shape index (κ2) is 8.55. The highest BCUT2D eigenvalue weighted by Crippen LogP contribution is 2.19. The summed E-state index contributed by atoms with van der Waals surface area (Å²) >= 11 is 0. The molecule has 2 aromatic rings. The van der Waals surface area contributed by atoms with Crippen LogP contribution in [0.25, 0.3) is 11.0 Å². The standard InChI is InChI=1S/C19H26N4O2/c1-2-20-19(21-10-6-12-23-11-5-9-18(23)24)22-14-16-13-15-7-3-4-8-17(15)25-16/h3-4,7-8,13H,2,5-6,9-12,14H2,1H3,(H2,20,21,22). The first-order chi connectivity index (χ1) is 12.3. The van der Waals surface area contributed by atoms with E-state index in [1.165, 1.54) is 0 Å². The van der Waals surface area contributed by atoms with Gasteiger partial charge in [-0.25, -0.2) is 4.99 Å². The molecule has 1 fully saturated rings. The summed E-state index contributed by atoms with van der Waals surface area (Å²) in [4.78, 5) is 18.1. The third-order valence-corrected chi connectivity index (χ3v) is 4.28. The summed E-state index contributed by atoms with van der Waals surface area (Å²) in [6.07, 6.45) is 2.61. The highest BCUT2D eigenvalue weighted by atomic mass is 16.3. The molecule has 0 radical (unpaired) electrons. The van der Waals surface area contributed by atoms with Gasteiger partial charge in [0.15, 0.2) is 5.96 Å². The van der Waals surface area contributed by atoms with E-state index in [1.54, 1.807) is 0 Å². The minimum atomic E-state index is 0.283. The summed E-state index contributed by atoms with van der Waals surface area (Å²) in [5.41, 5.74) is 0.890. The van der Waals surface area contributed by atoms with E-state index in [2.05, 4.69) is 15.6 Å². The first kappa shape index (κ1) is 17.3. The van der Waals surface area contributed by atoms with E-state index in [0.717, 1.165) is 61.7 Å². The molecule has 2 heterocycles. The number of hydrogen-bond acceptors (Lipinski definition) is 3. The molecule has 3 rings (SSSR count). The van der Waals surface area contributed by atoms with Gasteiger partial charge in [0.2, 0.25) is 5.91 Å². The van der Waals surface area contributed by atoms with Crippen molar-refractivity contribution in [2.75, 3.05) is 26.2 Å². The fourth-order valence-electron chi connectivity index (χ4n) is 3.03. The molecular weight excluding hydrogens is 316 g/mol. The van der Waals surface area contributed by atoms with E-state index in [0.29, 0.717) is 13.0 Å². The van der Waals surface area contributed by atoms with Crippen LogP contribution in [0.3, 0.4) is 0 Å². The molecule has 2 N–H and O–H groups in total. The lowest BCUT2D eigenvalue weighted by Crippen LogP contribution is -2.39. The van der Waals surface area contributed by atoms with Crippen LogP contribution in [0, 0.1) is 0 Å². The van der Waals surface area contributed by atoms with Crippen LogP contribution < -0.4 is 10.6 Å². The summed E-state index contributed by atoms with van der Waals surface area (Å²) < 4.78 is 5.79. The van der Waals surface area contributed by atoms with Crippen molar-refractivity contribution in [3.05, 3.63) is 36.1 Å². The quantitative estimate of drug-likeness (QED) is 0.461. The fraction of sp³-hybridized carbons (Fsp3) is 0.474. The summed E-state index contributed by atoms with van der Waals surface area (Å²) in [6.45, 7) is 5.84. The zero-order valence-corrected chi connectivity index (χ0v) is 14.8. The van der Waals surface area contributed by atoms with Gasteiger partial charge in [0.25, 0.3) is 0 Å². The van der Waals surface area contributed by atoms with E-state index in [9.17, 15) is 4.79 Å². The highest BCUT2D eigenvalue weighted by molar-refractivity contribution is 5.80. The smallest absolute Gasteiger partial charge is 0.222 e. The Morgan fingerprint density at radius 2 is 2.20 bits per heavy atom. The molecule has 1 aliphatic rings. The molecule has 0 aliphatic carbocycles. The van der Waals surface area contributed by atoms with Crippen LogP contribution in [0.5, 0.6) is 0 Å². The van der Waals surface area contributed by atoms with Crippen LogP contribution in [0.2, 0.25) is 0 Å². The first-order valence-corrected chi connectivity index (χ1v) is 9.03. The Kier molecular flexibility index (Phi) is 5.93. The molecule has 1 aliphatic heterocycles. The number of fused-ring (bicyclic) bond motifs is 1. The molecule has 1 aromatic heterocycles. The van der Waals surface area contributed by atoms with Crippen molar-refractivity contribution in [2.24, 2.45) is 4.99 Å². The van der Waals surface area contributed by atoms with E-state index in [-0.39, 0.29) is 5.91 Å². The summed E-state index contributed by atoms with van der Waals surface area (Å²) in [5.74, 6) is 1.90. The number of furan rings is 1. The number of rotatable bonds is 7. The molecule has 134 valence electrons. The van der Waals surface area contributed by atoms with Crippen molar-refractivity contribution < 1.29 is 9.21 Å². The van der Waals surface area contributed by atoms with Crippen LogP contribution in [0.1, 0.15) is 31.9 Å². The van der Waals surface area contributed by atoms with Crippen LogP contribution in [-0.4, -0.2) is 42.9 Å². The predicted molar refractivity (Wildman–Crippen MR) is 99.5 cm³/mol. The zero-order valence-electron chi connectivity index (χ0n) is 14.8. The predicted octanol–water partition coefficient (Wildman–Crippen LogP) is 2.50. The van der Waals surface area contributed by atoms with Gasteiger partial charge >= 0.3 is 0 Å². The van der Waals surface area contributed by atoms with Gasteiger partial charge in [-0.1, -0.05) is 18.2 Å². The maximum absolute atomic E-state index is 11.6. The van der Waals surface area contributed by atoms with Gasteiger partial charge in [0.05, 0.1) is 0 Å². The average Bonchev–Trinajstić information content (AvgIpc) is 3.22. The third-order valence-electron chi connectivity index (χ3n) is 4.28. The van der Waals surface area contributed by atoms with Gasteiger partial charge < -0.3 is 20.0 Å². The number of nitrogens with zero attached hydrogens (tertiary/aromatic N) is 2. The summed E-state index contributed by atoms with van der Waals surface area (Å²) in [5, 5.41) is 7.66. The summed E-state index contributed by atoms with van der Waals surface area (Å²) in [7, 11) is 0. The van der Waals surface area contributed by atoms with Crippen molar-refractivity contribution in [1.82, 2.24) is 15.5 Å². The van der Waals surface area contributed by atoms with Gasteiger partial charge in [0, 0.05) is 38.0 Å². The Labute approximate surface area is 148 Å². The normalized spacial score (nSPS) is 15.2. The lowest BCUT2D eigenvalue weighted by molar-refractivity contribution is -0.127. The molecule has 1 amide bonds. The average molecular weight is 342 g/mol. The molecule has 6 nitrogen and oxygen atoms in total. The number of para-hydroxylation sites is 1. The van der Waals surface area contributed by atoms with Gasteiger partial charge in [-0.2, -0.15) is 0 Å². The molecule has 0 spiro atoms. The van der Waals surface area contributed by atoms with Crippen molar-refractivity contribution in [1.29, 1.82) is 0 Å². The molecule has 0 unspecified atom stereocenters. The third kappa shape index (κ3) is 4.75. The van der Waals surface area contributed by atoms with Crippen molar-refractivity contribution >= 4 is 22.8 Å². The molecule has 0 saturated carbocycles.